The molecule has 124 valence electrons. The molecule has 3 rings (SSSR count). The number of hydrogen-bond acceptors (Lipinski definition) is 3. The normalized spacial score (nSPS) is 14.6. The molecular formula is C19H21N3O2. The van der Waals surface area contributed by atoms with Gasteiger partial charge in [-0.3, -0.25) is 14.5 Å². The van der Waals surface area contributed by atoms with E-state index in [1.165, 1.54) is 4.90 Å². The van der Waals surface area contributed by atoms with Gasteiger partial charge in [0.05, 0.1) is 11.4 Å². The molecule has 0 saturated heterocycles. The maximum Gasteiger partial charge on any atom is 0.249 e. The quantitative estimate of drug-likeness (QED) is 0.912. The lowest BCUT2D eigenvalue weighted by Gasteiger charge is -2.31. The van der Waals surface area contributed by atoms with E-state index in [1.54, 1.807) is 6.07 Å². The van der Waals surface area contributed by atoms with Crippen LogP contribution in [0.5, 0.6) is 0 Å². The van der Waals surface area contributed by atoms with E-state index < -0.39 is 6.04 Å². The first-order valence-corrected chi connectivity index (χ1v) is 8.00. The van der Waals surface area contributed by atoms with Crippen LogP contribution in [0.1, 0.15) is 18.1 Å². The monoisotopic (exact) mass is 323 g/mol. The van der Waals surface area contributed by atoms with Crippen molar-refractivity contribution in [2.45, 2.75) is 26.8 Å². The number of amides is 2. The molecule has 1 aliphatic heterocycles. The average molecular weight is 323 g/mol. The number of hydrogen-bond donors (Lipinski definition) is 2. The molecular weight excluding hydrogens is 302 g/mol. The minimum atomic E-state index is -0.440. The summed E-state index contributed by atoms with van der Waals surface area (Å²) in [5.41, 5.74) is 4.55. The molecule has 24 heavy (non-hydrogen) atoms. The van der Waals surface area contributed by atoms with Crippen molar-refractivity contribution in [2.24, 2.45) is 0 Å². The van der Waals surface area contributed by atoms with Gasteiger partial charge in [-0.25, -0.2) is 0 Å². The van der Waals surface area contributed by atoms with Gasteiger partial charge in [-0.1, -0.05) is 24.3 Å². The van der Waals surface area contributed by atoms with E-state index in [4.69, 9.17) is 0 Å². The number of fused-ring (bicyclic) bond motifs is 1. The van der Waals surface area contributed by atoms with Crippen LogP contribution in [0.2, 0.25) is 0 Å². The number of nitrogens with one attached hydrogen (secondary N) is 2. The van der Waals surface area contributed by atoms with Crippen LogP contribution in [0.4, 0.5) is 17.1 Å². The number of benzene rings is 2. The summed E-state index contributed by atoms with van der Waals surface area (Å²) in [6.45, 7) is 5.87. The summed E-state index contributed by atoms with van der Waals surface area (Å²) in [5, 5.41) is 6.07. The number of aryl methyl sites for hydroxylation is 2. The molecule has 2 aromatic carbocycles. The molecule has 5 heteroatoms. The Hall–Kier alpha value is -2.82. The van der Waals surface area contributed by atoms with E-state index in [0.29, 0.717) is 5.69 Å². The van der Waals surface area contributed by atoms with E-state index in [9.17, 15) is 9.59 Å². The van der Waals surface area contributed by atoms with Crippen LogP contribution in [-0.2, 0) is 9.59 Å². The second-order valence-electron chi connectivity index (χ2n) is 6.17. The van der Waals surface area contributed by atoms with Crippen LogP contribution in [-0.4, -0.2) is 24.4 Å². The fraction of sp³-hybridized carbons (Fsp3) is 0.263. The summed E-state index contributed by atoms with van der Waals surface area (Å²) in [6, 6.07) is 13.0. The summed E-state index contributed by atoms with van der Waals surface area (Å²) in [6.07, 6.45) is 0. The number of carbonyl (C=O) groups is 2. The first-order valence-electron chi connectivity index (χ1n) is 8.00. The Labute approximate surface area is 141 Å². The molecule has 2 N–H and O–H groups in total. The molecule has 2 aromatic rings. The van der Waals surface area contributed by atoms with E-state index in [2.05, 4.69) is 10.6 Å². The van der Waals surface area contributed by atoms with E-state index in [1.807, 2.05) is 57.2 Å². The Bertz CT molecular complexity index is 801. The zero-order chi connectivity index (χ0) is 17.3. The molecule has 0 aromatic heterocycles. The maximum atomic E-state index is 12.9. The van der Waals surface area contributed by atoms with Gasteiger partial charge in [0.2, 0.25) is 11.8 Å². The molecule has 1 heterocycles. The molecule has 0 radical (unpaired) electrons. The van der Waals surface area contributed by atoms with E-state index in [0.717, 1.165) is 22.5 Å². The SMILES string of the molecule is Cc1ccc(C)c(N[C@@H](C)C(=O)N2CC(=O)Nc3ccccc32)c1. The highest BCUT2D eigenvalue weighted by molar-refractivity contribution is 6.11. The first kappa shape index (κ1) is 16.1. The Kier molecular flexibility index (Phi) is 4.25. The van der Waals surface area contributed by atoms with Crippen molar-refractivity contribution in [3.8, 4) is 0 Å². The van der Waals surface area contributed by atoms with Crippen molar-refractivity contribution in [3.05, 3.63) is 53.6 Å². The number of rotatable bonds is 3. The molecule has 0 spiro atoms. The molecule has 1 atom stereocenters. The summed E-state index contributed by atoms with van der Waals surface area (Å²) >= 11 is 0. The van der Waals surface area contributed by atoms with Crippen molar-refractivity contribution in [2.75, 3.05) is 22.1 Å². The van der Waals surface area contributed by atoms with Gasteiger partial charge in [-0.2, -0.15) is 0 Å². The minimum absolute atomic E-state index is 0.0364. The van der Waals surface area contributed by atoms with Gasteiger partial charge in [0.15, 0.2) is 0 Å². The lowest BCUT2D eigenvalue weighted by atomic mass is 10.1. The summed E-state index contributed by atoms with van der Waals surface area (Å²) < 4.78 is 0. The number of nitrogens with zero attached hydrogens (tertiary/aromatic N) is 1. The fourth-order valence-electron chi connectivity index (χ4n) is 2.85. The summed E-state index contributed by atoms with van der Waals surface area (Å²) in [4.78, 5) is 26.3. The lowest BCUT2D eigenvalue weighted by Crippen LogP contribution is -2.47. The fourth-order valence-corrected chi connectivity index (χ4v) is 2.85. The average Bonchev–Trinajstić information content (AvgIpc) is 2.56. The van der Waals surface area contributed by atoms with Gasteiger partial charge in [-0.05, 0) is 50.1 Å². The number of anilines is 3. The molecule has 0 fully saturated rings. The van der Waals surface area contributed by atoms with Crippen molar-refractivity contribution < 1.29 is 9.59 Å². The van der Waals surface area contributed by atoms with Gasteiger partial charge >= 0.3 is 0 Å². The second kappa shape index (κ2) is 6.35. The molecule has 2 amide bonds. The van der Waals surface area contributed by atoms with Crippen molar-refractivity contribution in [1.29, 1.82) is 0 Å². The molecule has 5 nitrogen and oxygen atoms in total. The third kappa shape index (κ3) is 3.11. The third-order valence-electron chi connectivity index (χ3n) is 4.17. The Morgan fingerprint density at radius 2 is 1.96 bits per heavy atom. The highest BCUT2D eigenvalue weighted by Gasteiger charge is 2.29. The van der Waals surface area contributed by atoms with Crippen LogP contribution >= 0.6 is 0 Å². The van der Waals surface area contributed by atoms with Crippen LogP contribution in [0, 0.1) is 13.8 Å². The van der Waals surface area contributed by atoms with Crippen molar-refractivity contribution in [1.82, 2.24) is 0 Å². The van der Waals surface area contributed by atoms with Gasteiger partial charge in [0.25, 0.3) is 0 Å². The number of para-hydroxylation sites is 2. The largest absolute Gasteiger partial charge is 0.374 e. The van der Waals surface area contributed by atoms with Crippen molar-refractivity contribution >= 4 is 28.9 Å². The summed E-state index contributed by atoms with van der Waals surface area (Å²) in [5.74, 6) is -0.306. The third-order valence-corrected chi connectivity index (χ3v) is 4.17. The molecule has 0 aliphatic carbocycles. The highest BCUT2D eigenvalue weighted by Crippen LogP contribution is 2.29. The molecule has 0 bridgehead atoms. The Morgan fingerprint density at radius 3 is 2.75 bits per heavy atom. The molecule has 0 unspecified atom stereocenters. The van der Waals surface area contributed by atoms with Gasteiger partial charge in [-0.15, -0.1) is 0 Å². The molecule has 1 aliphatic rings. The predicted octanol–water partition coefficient (Wildman–Crippen LogP) is 3.09. The molecule has 0 saturated carbocycles. The zero-order valence-corrected chi connectivity index (χ0v) is 14.1. The zero-order valence-electron chi connectivity index (χ0n) is 14.1. The van der Waals surface area contributed by atoms with Gasteiger partial charge < -0.3 is 10.6 Å². The van der Waals surface area contributed by atoms with Crippen LogP contribution in [0.3, 0.4) is 0 Å². The van der Waals surface area contributed by atoms with Gasteiger partial charge in [0.1, 0.15) is 12.6 Å². The number of carbonyl (C=O) groups excluding carboxylic acids is 2. The minimum Gasteiger partial charge on any atom is -0.374 e. The first-order chi connectivity index (χ1) is 11.5. The summed E-state index contributed by atoms with van der Waals surface area (Å²) in [7, 11) is 0. The van der Waals surface area contributed by atoms with E-state index >= 15 is 0 Å². The van der Waals surface area contributed by atoms with Crippen LogP contribution in [0.15, 0.2) is 42.5 Å². The van der Waals surface area contributed by atoms with E-state index in [-0.39, 0.29) is 18.4 Å². The predicted molar refractivity (Wildman–Crippen MR) is 96.4 cm³/mol. The smallest absolute Gasteiger partial charge is 0.249 e. The van der Waals surface area contributed by atoms with Gasteiger partial charge in [0, 0.05) is 5.69 Å². The van der Waals surface area contributed by atoms with Crippen LogP contribution in [0.25, 0.3) is 0 Å². The lowest BCUT2D eigenvalue weighted by molar-refractivity contribution is -0.122. The standard InChI is InChI=1S/C19H21N3O2/c1-12-8-9-13(2)16(10-12)20-14(3)19(24)22-11-18(23)21-15-6-4-5-7-17(15)22/h4-10,14,20H,11H2,1-3H3,(H,21,23)/t14-/m0/s1. The second-order valence-corrected chi connectivity index (χ2v) is 6.17. The Balaban J connectivity index is 1.83. The van der Waals surface area contributed by atoms with Crippen molar-refractivity contribution in [3.63, 3.8) is 0 Å². The topological polar surface area (TPSA) is 61.4 Å². The Morgan fingerprint density at radius 1 is 1.21 bits per heavy atom. The highest BCUT2D eigenvalue weighted by atomic mass is 16.2. The maximum absolute atomic E-state index is 12.9. The van der Waals surface area contributed by atoms with Crippen LogP contribution < -0.4 is 15.5 Å².